The second kappa shape index (κ2) is 6.01. The monoisotopic (exact) mass is 345 g/mol. The minimum absolute atomic E-state index is 0.0191. The van der Waals surface area contributed by atoms with E-state index in [1.807, 2.05) is 24.4 Å². The molecule has 1 heterocycles. The van der Waals surface area contributed by atoms with Crippen molar-refractivity contribution in [2.24, 2.45) is 0 Å². The van der Waals surface area contributed by atoms with E-state index in [0.717, 1.165) is 4.88 Å². The van der Waals surface area contributed by atoms with E-state index in [1.165, 1.54) is 12.1 Å². The van der Waals surface area contributed by atoms with Crippen molar-refractivity contribution in [1.82, 2.24) is 0 Å². The van der Waals surface area contributed by atoms with Gasteiger partial charge in [0.05, 0.1) is 6.04 Å². The zero-order valence-electron chi connectivity index (χ0n) is 10.7. The Kier molecular flexibility index (Phi) is 4.58. The van der Waals surface area contributed by atoms with E-state index in [-0.39, 0.29) is 11.7 Å². The fourth-order valence-electron chi connectivity index (χ4n) is 1.95. The molecule has 1 aromatic heterocycles. The van der Waals surface area contributed by atoms with Crippen LogP contribution >= 0.6 is 27.3 Å². The largest absolute Gasteiger partial charge is 0.362 e. The summed E-state index contributed by atoms with van der Waals surface area (Å²) in [5.74, 6) is -1.05. The quantitative estimate of drug-likeness (QED) is 0.695. The molecule has 0 radical (unpaired) electrons. The first kappa shape index (κ1) is 14.5. The molecule has 0 spiro atoms. The Morgan fingerprint density at radius 1 is 1.32 bits per heavy atom. The smallest absolute Gasteiger partial charge is 0.149 e. The van der Waals surface area contributed by atoms with Gasteiger partial charge in [-0.15, -0.1) is 11.3 Å². The minimum atomic E-state index is -0.527. The summed E-state index contributed by atoms with van der Waals surface area (Å²) in [7, 11) is 1.71. The Balaban J connectivity index is 2.36. The van der Waals surface area contributed by atoms with Crippen molar-refractivity contribution in [3.63, 3.8) is 0 Å². The maximum atomic E-state index is 14.1. The highest BCUT2D eigenvalue weighted by atomic mass is 79.9. The van der Waals surface area contributed by atoms with Crippen LogP contribution in [0, 0.1) is 11.6 Å². The topological polar surface area (TPSA) is 3.24 Å². The van der Waals surface area contributed by atoms with Gasteiger partial charge in [-0.1, -0.05) is 22.0 Å². The Morgan fingerprint density at radius 2 is 1.95 bits per heavy atom. The predicted molar refractivity (Wildman–Crippen MR) is 80.1 cm³/mol. The molecule has 19 heavy (non-hydrogen) atoms. The van der Waals surface area contributed by atoms with Crippen LogP contribution in [0.2, 0.25) is 0 Å². The molecule has 102 valence electrons. The lowest BCUT2D eigenvalue weighted by Gasteiger charge is -2.27. The van der Waals surface area contributed by atoms with E-state index in [9.17, 15) is 8.78 Å². The van der Waals surface area contributed by atoms with Crippen LogP contribution < -0.4 is 4.90 Å². The summed E-state index contributed by atoms with van der Waals surface area (Å²) in [6.07, 6.45) is 0. The number of halogens is 3. The number of anilines is 1. The van der Waals surface area contributed by atoms with Gasteiger partial charge in [0.2, 0.25) is 0 Å². The van der Waals surface area contributed by atoms with Crippen LogP contribution in [0.15, 0.2) is 29.6 Å². The highest BCUT2D eigenvalue weighted by molar-refractivity contribution is 9.08. The van der Waals surface area contributed by atoms with Crippen molar-refractivity contribution in [3.05, 3.63) is 51.7 Å². The number of nitrogens with zero attached hydrogens (tertiary/aromatic N) is 1. The second-order valence-corrected chi connectivity index (χ2v) is 5.88. The van der Waals surface area contributed by atoms with Gasteiger partial charge in [0, 0.05) is 17.3 Å². The Labute approximate surface area is 124 Å². The molecule has 0 saturated carbocycles. The van der Waals surface area contributed by atoms with Crippen LogP contribution in [0.1, 0.15) is 23.4 Å². The van der Waals surface area contributed by atoms with Gasteiger partial charge in [-0.25, -0.2) is 8.78 Å². The lowest BCUT2D eigenvalue weighted by atomic mass is 10.1. The maximum absolute atomic E-state index is 14.1. The van der Waals surface area contributed by atoms with Crippen molar-refractivity contribution in [3.8, 4) is 0 Å². The number of alkyl halides is 1. The Hall–Kier alpha value is -0.940. The maximum Gasteiger partial charge on any atom is 0.149 e. The van der Waals surface area contributed by atoms with E-state index in [2.05, 4.69) is 15.9 Å². The molecule has 5 heteroatoms. The summed E-state index contributed by atoms with van der Waals surface area (Å²) in [6.45, 7) is 1.93. The molecule has 2 rings (SSSR count). The SMILES string of the molecule is CC(c1cccs1)N(C)c1c(F)cc(CBr)cc1F. The predicted octanol–water partition coefficient (Wildman–Crippen LogP) is 5.12. The molecule has 0 fully saturated rings. The van der Waals surface area contributed by atoms with Crippen LogP contribution in [0.25, 0.3) is 0 Å². The third-order valence-electron chi connectivity index (χ3n) is 3.12. The highest BCUT2D eigenvalue weighted by Gasteiger charge is 2.20. The standard InChI is InChI=1S/C14H14BrF2NS/c1-9(13-4-3-5-19-13)18(2)14-11(16)6-10(8-15)7-12(14)17/h3-7,9H,8H2,1-2H3. The number of hydrogen-bond acceptors (Lipinski definition) is 2. The molecule has 1 nitrogen and oxygen atoms in total. The van der Waals surface area contributed by atoms with E-state index in [4.69, 9.17) is 0 Å². The fraction of sp³-hybridized carbons (Fsp3) is 0.286. The molecule has 0 N–H and O–H groups in total. The summed E-state index contributed by atoms with van der Waals surface area (Å²) in [5.41, 5.74) is 0.613. The molecule has 0 aliphatic rings. The molecule has 0 amide bonds. The third kappa shape index (κ3) is 2.98. The van der Waals surface area contributed by atoms with Gasteiger partial charge in [0.15, 0.2) is 0 Å². The summed E-state index contributed by atoms with van der Waals surface area (Å²) in [4.78, 5) is 2.71. The second-order valence-electron chi connectivity index (χ2n) is 4.34. The minimum Gasteiger partial charge on any atom is -0.362 e. The van der Waals surface area contributed by atoms with Gasteiger partial charge in [-0.2, -0.15) is 0 Å². The van der Waals surface area contributed by atoms with Crippen molar-refractivity contribution < 1.29 is 8.78 Å². The summed E-state index contributed by atoms with van der Waals surface area (Å²) < 4.78 is 28.1. The molecular formula is C14H14BrF2NS. The highest BCUT2D eigenvalue weighted by Crippen LogP contribution is 2.32. The first-order chi connectivity index (χ1) is 9.04. The summed E-state index contributed by atoms with van der Waals surface area (Å²) in [5, 5.41) is 2.39. The van der Waals surface area contributed by atoms with Gasteiger partial charge < -0.3 is 4.90 Å². The molecule has 1 unspecified atom stereocenters. The van der Waals surface area contributed by atoms with E-state index >= 15 is 0 Å². The zero-order valence-corrected chi connectivity index (χ0v) is 13.1. The summed E-state index contributed by atoms with van der Waals surface area (Å²) in [6, 6.07) is 6.56. The fourth-order valence-corrected chi connectivity index (χ4v) is 3.10. The number of benzene rings is 1. The van der Waals surface area contributed by atoms with Crippen LogP contribution in [0.4, 0.5) is 14.5 Å². The number of rotatable bonds is 4. The van der Waals surface area contributed by atoms with E-state index < -0.39 is 11.6 Å². The van der Waals surface area contributed by atoms with Crippen LogP contribution in [-0.2, 0) is 5.33 Å². The van der Waals surface area contributed by atoms with Gasteiger partial charge in [-0.05, 0) is 36.1 Å². The van der Waals surface area contributed by atoms with Crippen molar-refractivity contribution in [1.29, 1.82) is 0 Å². The lowest BCUT2D eigenvalue weighted by molar-refractivity contribution is 0.565. The van der Waals surface area contributed by atoms with Crippen LogP contribution in [-0.4, -0.2) is 7.05 Å². The molecule has 0 aliphatic heterocycles. The first-order valence-electron chi connectivity index (χ1n) is 5.84. The molecule has 2 aromatic rings. The van der Waals surface area contributed by atoms with Crippen molar-refractivity contribution >= 4 is 33.0 Å². The molecule has 1 atom stereocenters. The number of hydrogen-bond donors (Lipinski definition) is 0. The van der Waals surface area contributed by atoms with E-state index in [1.54, 1.807) is 23.3 Å². The molecule has 0 bridgehead atoms. The number of thiophene rings is 1. The Bertz CT molecular complexity index is 534. The molecular weight excluding hydrogens is 332 g/mol. The van der Waals surface area contributed by atoms with Crippen molar-refractivity contribution in [2.75, 3.05) is 11.9 Å². The lowest BCUT2D eigenvalue weighted by Crippen LogP contribution is -2.23. The third-order valence-corrected chi connectivity index (χ3v) is 4.81. The normalized spacial score (nSPS) is 12.5. The molecule has 0 aliphatic carbocycles. The molecule has 1 aromatic carbocycles. The van der Waals surface area contributed by atoms with E-state index in [0.29, 0.717) is 10.9 Å². The van der Waals surface area contributed by atoms with Gasteiger partial charge in [-0.3, -0.25) is 0 Å². The Morgan fingerprint density at radius 3 is 2.42 bits per heavy atom. The average molecular weight is 346 g/mol. The van der Waals surface area contributed by atoms with Crippen molar-refractivity contribution in [2.45, 2.75) is 18.3 Å². The van der Waals surface area contributed by atoms with Crippen LogP contribution in [0.3, 0.4) is 0 Å². The average Bonchev–Trinajstić information content (AvgIpc) is 2.90. The van der Waals surface area contributed by atoms with Gasteiger partial charge in [0.25, 0.3) is 0 Å². The molecule has 0 saturated heterocycles. The summed E-state index contributed by atoms with van der Waals surface area (Å²) >= 11 is 4.78. The first-order valence-corrected chi connectivity index (χ1v) is 7.84. The van der Waals surface area contributed by atoms with Gasteiger partial charge >= 0.3 is 0 Å². The van der Waals surface area contributed by atoms with Gasteiger partial charge in [0.1, 0.15) is 17.3 Å². The van der Waals surface area contributed by atoms with Crippen LogP contribution in [0.5, 0.6) is 0 Å². The zero-order chi connectivity index (χ0) is 14.0.